The molecule has 0 atom stereocenters. The predicted octanol–water partition coefficient (Wildman–Crippen LogP) is 19.9. The molecule has 0 saturated heterocycles. The minimum absolute atomic E-state index is 0.776. The van der Waals surface area contributed by atoms with Crippen molar-refractivity contribution in [3.63, 3.8) is 0 Å². The van der Waals surface area contributed by atoms with Crippen molar-refractivity contribution in [1.82, 2.24) is 9.97 Å². The molecule has 4 heterocycles. The lowest BCUT2D eigenvalue weighted by atomic mass is 9.84. The van der Waals surface area contributed by atoms with E-state index < -0.39 is 0 Å². The Morgan fingerprint density at radius 2 is 0.929 bits per heavy atom. The molecule has 352 valence electrons. The van der Waals surface area contributed by atoms with Gasteiger partial charge in [-0.1, -0.05) is 79.4 Å². The zero-order valence-corrected chi connectivity index (χ0v) is 45.7. The average molecular weight is 969 g/mol. The molecule has 0 N–H and O–H groups in total. The van der Waals surface area contributed by atoms with E-state index in [1.54, 1.807) is 0 Å². The SMILES string of the molecule is C=C/C=C(\C=C/C)c1ccc(-c2c(C)c(C)c(-c3cc(-c4c(C)c(C)c(-c5ccc(C6=CCCC=C6)s5)c(C)c4C)nc(-c4c(C)c(C)c(-c5ccc(-c6ccccc6)s5)c(C)c4C)n3)c(C)c2C)s1. The first-order valence-electron chi connectivity index (χ1n) is 24.5. The van der Waals surface area contributed by atoms with Gasteiger partial charge in [0.2, 0.25) is 0 Å². The van der Waals surface area contributed by atoms with Crippen LogP contribution in [0.15, 0.2) is 122 Å². The van der Waals surface area contributed by atoms with Crippen molar-refractivity contribution in [2.24, 2.45) is 0 Å². The first-order valence-corrected chi connectivity index (χ1v) is 27.0. The molecule has 0 fully saturated rings. The van der Waals surface area contributed by atoms with Gasteiger partial charge in [-0.3, -0.25) is 0 Å². The lowest BCUT2D eigenvalue weighted by Gasteiger charge is -2.24. The second-order valence-electron chi connectivity index (χ2n) is 19.1. The Kier molecular flexibility index (Phi) is 13.8. The van der Waals surface area contributed by atoms with E-state index in [4.69, 9.17) is 9.97 Å². The number of hydrogen-bond donors (Lipinski definition) is 0. The zero-order valence-electron chi connectivity index (χ0n) is 43.2. The van der Waals surface area contributed by atoms with Crippen LogP contribution < -0.4 is 0 Å². The summed E-state index contributed by atoms with van der Waals surface area (Å²) >= 11 is 5.61. The van der Waals surface area contributed by atoms with Crippen molar-refractivity contribution in [1.29, 1.82) is 0 Å². The maximum Gasteiger partial charge on any atom is 0.160 e. The van der Waals surface area contributed by atoms with Gasteiger partial charge in [-0.05, 0) is 245 Å². The highest BCUT2D eigenvalue weighted by Crippen LogP contribution is 2.48. The summed E-state index contributed by atoms with van der Waals surface area (Å²) in [6.07, 6.45) is 17.4. The Bertz CT molecular complexity index is 3430. The van der Waals surface area contributed by atoms with Gasteiger partial charge in [0.25, 0.3) is 0 Å². The van der Waals surface area contributed by atoms with Gasteiger partial charge >= 0.3 is 0 Å². The van der Waals surface area contributed by atoms with Gasteiger partial charge in [-0.25, -0.2) is 9.97 Å². The molecule has 0 radical (unpaired) electrons. The van der Waals surface area contributed by atoms with Crippen molar-refractivity contribution in [2.45, 2.75) is 103 Å². The molecular weight excluding hydrogens is 905 g/mol. The van der Waals surface area contributed by atoms with Gasteiger partial charge in [0, 0.05) is 46.0 Å². The zero-order chi connectivity index (χ0) is 49.7. The van der Waals surface area contributed by atoms with E-state index in [0.717, 1.165) is 35.6 Å². The molecule has 0 amide bonds. The van der Waals surface area contributed by atoms with Gasteiger partial charge in [0.05, 0.1) is 11.4 Å². The quantitative estimate of drug-likeness (QED) is 0.121. The topological polar surface area (TPSA) is 25.8 Å². The van der Waals surface area contributed by atoms with Crippen molar-refractivity contribution in [3.05, 3.63) is 198 Å². The molecule has 0 unspecified atom stereocenters. The Morgan fingerprint density at radius 1 is 0.486 bits per heavy atom. The summed E-state index contributed by atoms with van der Waals surface area (Å²) in [6, 6.07) is 26.7. The maximum absolute atomic E-state index is 5.70. The van der Waals surface area contributed by atoms with E-state index in [2.05, 4.69) is 206 Å². The Morgan fingerprint density at radius 3 is 1.41 bits per heavy atom. The highest BCUT2D eigenvalue weighted by Gasteiger charge is 2.27. The average Bonchev–Trinajstić information content (AvgIpc) is 4.17. The molecule has 70 heavy (non-hydrogen) atoms. The molecule has 4 aromatic carbocycles. The van der Waals surface area contributed by atoms with Gasteiger partial charge in [0.15, 0.2) is 5.82 Å². The first-order chi connectivity index (χ1) is 33.6. The minimum atomic E-state index is 0.776. The third-order valence-corrected chi connectivity index (χ3v) is 18.6. The molecular formula is C65H64N2S3. The fourth-order valence-corrected chi connectivity index (χ4v) is 14.3. The molecule has 5 heteroatoms. The van der Waals surface area contributed by atoms with Crippen molar-refractivity contribution >= 4 is 45.2 Å². The Balaban J connectivity index is 1.25. The van der Waals surface area contributed by atoms with Gasteiger partial charge in [-0.2, -0.15) is 0 Å². The van der Waals surface area contributed by atoms with Gasteiger partial charge in [0.1, 0.15) is 0 Å². The van der Waals surface area contributed by atoms with Crippen molar-refractivity contribution in [3.8, 4) is 75.7 Å². The van der Waals surface area contributed by atoms with Crippen LogP contribution in [-0.2, 0) is 0 Å². The van der Waals surface area contributed by atoms with Crippen LogP contribution in [0.25, 0.3) is 86.8 Å². The van der Waals surface area contributed by atoms with Crippen LogP contribution in [-0.4, -0.2) is 9.97 Å². The minimum Gasteiger partial charge on any atom is -0.228 e. The number of rotatable bonds is 11. The van der Waals surface area contributed by atoms with Crippen LogP contribution in [0.1, 0.15) is 96.3 Å². The largest absolute Gasteiger partial charge is 0.228 e. The van der Waals surface area contributed by atoms with Crippen LogP contribution in [0.4, 0.5) is 0 Å². The number of nitrogens with zero attached hydrogens (tertiary/aromatic N) is 2. The molecule has 1 aliphatic rings. The fourth-order valence-electron chi connectivity index (χ4n) is 10.8. The van der Waals surface area contributed by atoms with Crippen molar-refractivity contribution in [2.75, 3.05) is 0 Å². The van der Waals surface area contributed by atoms with Crippen LogP contribution in [0.5, 0.6) is 0 Å². The third kappa shape index (κ3) is 8.61. The molecule has 8 aromatic rings. The molecule has 2 nitrogen and oxygen atoms in total. The standard InChI is InChI=1S/C65H64N2S3/c1-15-23-48(24-16-2)53-29-32-56(68-53)61-40(7)36(3)59(37(4)41(61)8)51-35-52(60-38(5)42(9)62(43(10)39(60)6)57-33-30-54(69-57)49-25-19-17-20-26-49)67-65(66-51)64-46(13)44(11)63(45(12)47(64)14)58-34-31-55(70-58)50-27-21-18-22-28-50/h15-16,18-19,21-35H,1,17,20H2,2-14H3/b24-16-,48-23+. The molecule has 0 aliphatic heterocycles. The lowest BCUT2D eigenvalue weighted by Crippen LogP contribution is -2.07. The monoisotopic (exact) mass is 968 g/mol. The first kappa shape index (κ1) is 48.8. The van der Waals surface area contributed by atoms with Crippen LogP contribution in [0.3, 0.4) is 0 Å². The van der Waals surface area contributed by atoms with Crippen LogP contribution in [0.2, 0.25) is 0 Å². The molecule has 0 saturated carbocycles. The summed E-state index contributed by atoms with van der Waals surface area (Å²) in [6.45, 7) is 33.6. The highest BCUT2D eigenvalue weighted by molar-refractivity contribution is 7.19. The molecule has 0 spiro atoms. The van der Waals surface area contributed by atoms with Crippen LogP contribution in [0, 0.1) is 83.1 Å². The van der Waals surface area contributed by atoms with Crippen LogP contribution >= 0.6 is 34.0 Å². The van der Waals surface area contributed by atoms with E-state index in [-0.39, 0.29) is 0 Å². The predicted molar refractivity (Wildman–Crippen MR) is 310 cm³/mol. The summed E-state index contributed by atoms with van der Waals surface area (Å²) in [5, 5.41) is 0. The molecule has 4 aromatic heterocycles. The summed E-state index contributed by atoms with van der Waals surface area (Å²) < 4.78 is 0. The summed E-state index contributed by atoms with van der Waals surface area (Å²) in [4.78, 5) is 19.1. The van der Waals surface area contributed by atoms with Gasteiger partial charge in [-0.15, -0.1) is 34.0 Å². The Labute approximate surface area is 429 Å². The smallest absolute Gasteiger partial charge is 0.160 e. The number of allylic oxidation sites excluding steroid dienone is 9. The number of aromatic nitrogens is 2. The summed E-state index contributed by atoms with van der Waals surface area (Å²) in [5.41, 5.74) is 28.3. The van der Waals surface area contributed by atoms with E-state index in [1.165, 1.54) is 141 Å². The molecule has 1 aliphatic carbocycles. The second-order valence-corrected chi connectivity index (χ2v) is 22.3. The Hall–Kier alpha value is -6.24. The normalized spacial score (nSPS) is 12.9. The number of benzene rings is 4. The van der Waals surface area contributed by atoms with E-state index in [9.17, 15) is 0 Å². The fraction of sp³-hybridized carbons (Fsp3) is 0.231. The van der Waals surface area contributed by atoms with E-state index in [0.29, 0.717) is 0 Å². The van der Waals surface area contributed by atoms with Gasteiger partial charge < -0.3 is 0 Å². The molecule has 0 bridgehead atoms. The third-order valence-electron chi connectivity index (χ3n) is 15.2. The molecule has 9 rings (SSSR count). The number of hydrogen-bond acceptors (Lipinski definition) is 5. The summed E-state index contributed by atoms with van der Waals surface area (Å²) in [5.74, 6) is 0.776. The number of thiophene rings is 3. The second kappa shape index (κ2) is 19.9. The maximum atomic E-state index is 5.70. The van der Waals surface area contributed by atoms with E-state index >= 15 is 0 Å². The van der Waals surface area contributed by atoms with E-state index in [1.807, 2.05) is 40.1 Å². The summed E-state index contributed by atoms with van der Waals surface area (Å²) in [7, 11) is 0. The van der Waals surface area contributed by atoms with Crippen molar-refractivity contribution < 1.29 is 0 Å². The highest BCUT2D eigenvalue weighted by atomic mass is 32.1. The lowest BCUT2D eigenvalue weighted by molar-refractivity contribution is 1.04.